The van der Waals surface area contributed by atoms with E-state index in [2.05, 4.69) is 15.9 Å². The van der Waals surface area contributed by atoms with Crippen LogP contribution in [0.25, 0.3) is 5.83 Å². The molecule has 0 spiro atoms. The van der Waals surface area contributed by atoms with E-state index in [1.165, 1.54) is 0 Å². The first kappa shape index (κ1) is 31.8. The second kappa shape index (κ2) is 11.6. The first-order valence-corrected chi connectivity index (χ1v) is 5.16. The monoisotopic (exact) mass is 422 g/mol. The minimum Gasteiger partial charge on any atom is -2.00 e. The third kappa shape index (κ3) is 5.02. The third-order valence-electron chi connectivity index (χ3n) is 2.38. The zero-order chi connectivity index (χ0) is 13.8. The summed E-state index contributed by atoms with van der Waals surface area (Å²) in [7, 11) is 0. The van der Waals surface area contributed by atoms with Gasteiger partial charge < -0.3 is 17.9 Å². The summed E-state index contributed by atoms with van der Waals surface area (Å²) in [6.45, 7) is 0. The Kier molecular flexibility index (Phi) is 16.0. The van der Waals surface area contributed by atoms with Crippen molar-refractivity contribution in [2.45, 2.75) is 6.17 Å². The van der Waals surface area contributed by atoms with E-state index >= 15 is 0 Å². The number of benzene rings is 1. The standard InChI is InChI=1S/C10HBrF7.ClH.2Li.Mg.O/c11-3-1-2(5(13)8(16)7(3)15)6(14)10(18)9(17)4(1)12;;;;;/h7H;1H;;;;/q-1;;2*+1;+2;-2/p-1. The van der Waals surface area contributed by atoms with Crippen LogP contribution in [0.15, 0.2) is 5.83 Å². The predicted molar refractivity (Wildman–Crippen MR) is 58.0 cm³/mol. The van der Waals surface area contributed by atoms with Crippen molar-refractivity contribution < 1.29 is 86.3 Å². The second-order valence-electron chi connectivity index (χ2n) is 3.38. The summed E-state index contributed by atoms with van der Waals surface area (Å²) in [6.07, 6.45) is -2.74. The van der Waals surface area contributed by atoms with Gasteiger partial charge in [0.2, 0.25) is 0 Å². The summed E-state index contributed by atoms with van der Waals surface area (Å²) in [5, 5.41) is 0. The minimum atomic E-state index is -2.74. The number of hydrogen-bond acceptors (Lipinski definition) is 0. The van der Waals surface area contributed by atoms with Crippen LogP contribution in [0.3, 0.4) is 0 Å². The average Bonchev–Trinajstić information content (AvgIpc) is 2.35. The average molecular weight is 424 g/mol. The molecule has 0 N–H and O–H groups in total. The molecule has 13 heteroatoms. The van der Waals surface area contributed by atoms with Gasteiger partial charge >= 0.3 is 60.8 Å². The second-order valence-corrected chi connectivity index (χ2v) is 4.23. The fraction of sp³-hybridized carbons (Fsp3) is 0.100. The Morgan fingerprint density at radius 2 is 1.22 bits per heavy atom. The maximum atomic E-state index is 13.3. The Morgan fingerprint density at radius 3 is 1.65 bits per heavy atom. The Balaban J connectivity index is -0.000000361. The van der Waals surface area contributed by atoms with Gasteiger partial charge in [-0.1, -0.05) is 4.83 Å². The van der Waals surface area contributed by atoms with Crippen LogP contribution in [0.5, 0.6) is 0 Å². The molecule has 1 atom stereocenters. The topological polar surface area (TPSA) is 28.5 Å². The van der Waals surface area contributed by atoms with Gasteiger partial charge in [-0.15, -0.1) is 21.5 Å². The normalized spacial score (nSPS) is 15.1. The molecule has 0 radical (unpaired) electrons. The molecule has 0 saturated carbocycles. The van der Waals surface area contributed by atoms with Gasteiger partial charge in [0.25, 0.3) is 0 Å². The van der Waals surface area contributed by atoms with E-state index in [4.69, 9.17) is 0 Å². The van der Waals surface area contributed by atoms with Crippen LogP contribution in [0.2, 0.25) is 0 Å². The van der Waals surface area contributed by atoms with Gasteiger partial charge in [-0.05, 0) is 5.56 Å². The van der Waals surface area contributed by atoms with E-state index < -0.39 is 57.0 Å². The van der Waals surface area contributed by atoms with Crippen LogP contribution in [0.4, 0.5) is 30.7 Å². The fourth-order valence-electron chi connectivity index (χ4n) is 1.53. The molecule has 0 saturated heterocycles. The van der Waals surface area contributed by atoms with Gasteiger partial charge in [0, 0.05) is 0 Å². The van der Waals surface area contributed by atoms with Crippen LogP contribution < -0.4 is 50.1 Å². The molecule has 1 unspecified atom stereocenters. The van der Waals surface area contributed by atoms with Gasteiger partial charge in [0.15, 0.2) is 11.6 Å². The molecular weight excluding hydrogens is 423 g/mol. The zero-order valence-corrected chi connectivity index (χ0v) is 15.4. The molecule has 23 heavy (non-hydrogen) atoms. The summed E-state index contributed by atoms with van der Waals surface area (Å²) in [6, 6.07) is 0. The van der Waals surface area contributed by atoms with E-state index in [1.54, 1.807) is 0 Å². The summed E-state index contributed by atoms with van der Waals surface area (Å²) < 4.78 is 91.9. The smallest absolute Gasteiger partial charge is 2.00 e. The van der Waals surface area contributed by atoms with Gasteiger partial charge in [-0.3, -0.25) is 4.39 Å². The molecule has 1 aromatic rings. The Hall–Kier alpha value is 1.03. The first-order chi connectivity index (χ1) is 8.29. The molecule has 2 rings (SSSR count). The van der Waals surface area contributed by atoms with Crippen LogP contribution in [-0.2, 0) is 5.48 Å². The summed E-state index contributed by atoms with van der Waals surface area (Å²) in [4.78, 5) is -0.952. The number of alkyl halides is 1. The van der Waals surface area contributed by atoms with Crippen LogP contribution in [-0.4, -0.2) is 29.2 Å². The molecule has 114 valence electrons. The molecule has 0 aromatic heterocycles. The maximum absolute atomic E-state index is 13.3. The van der Waals surface area contributed by atoms with Crippen molar-refractivity contribution in [2.24, 2.45) is 0 Å². The maximum Gasteiger partial charge on any atom is 2.00 e. The molecule has 1 aliphatic rings. The van der Waals surface area contributed by atoms with Crippen LogP contribution in [0.1, 0.15) is 11.1 Å². The van der Waals surface area contributed by atoms with Gasteiger partial charge in [0.1, 0.15) is 23.6 Å². The van der Waals surface area contributed by atoms with Gasteiger partial charge in [0.05, 0.1) is 5.82 Å². The van der Waals surface area contributed by atoms with Crippen molar-refractivity contribution in [3.8, 4) is 0 Å². The van der Waals surface area contributed by atoms with Crippen molar-refractivity contribution in [1.82, 2.24) is 0 Å². The number of hydrogen-bond donors (Lipinski definition) is 0. The van der Waals surface area contributed by atoms with Crippen molar-refractivity contribution in [2.75, 3.05) is 0 Å². The Morgan fingerprint density at radius 1 is 0.826 bits per heavy atom. The SMILES string of the molecule is FC1=C(F)C(F)[C-](Br)c2c(F)c(F)c(F)c(F)c21.[Cl-].[Li+].[Li+].[Mg+2].[O-2]. The molecule has 1 nitrogen and oxygen atoms in total. The van der Waals surface area contributed by atoms with E-state index in [9.17, 15) is 30.7 Å². The molecule has 0 aliphatic heterocycles. The predicted octanol–water partition coefficient (Wildman–Crippen LogP) is -5.01. The number of halogens is 9. The number of allylic oxidation sites excluding steroid dienone is 1. The molecule has 0 fully saturated rings. The van der Waals surface area contributed by atoms with E-state index in [1.807, 2.05) is 0 Å². The van der Waals surface area contributed by atoms with E-state index in [0.717, 1.165) is 0 Å². The van der Waals surface area contributed by atoms with Crippen molar-refractivity contribution >= 4 is 44.8 Å². The first-order valence-electron chi connectivity index (χ1n) is 4.37. The van der Waals surface area contributed by atoms with Gasteiger partial charge in [-0.2, -0.15) is 0 Å². The van der Waals surface area contributed by atoms with Crippen LogP contribution in [0, 0.1) is 28.1 Å². The fourth-order valence-corrected chi connectivity index (χ4v) is 2.10. The summed E-state index contributed by atoms with van der Waals surface area (Å²) >= 11 is 2.37. The summed E-state index contributed by atoms with van der Waals surface area (Å²) in [5.41, 5.74) is -2.69. The molecular formula is C10HBrClF7Li2MgO. The van der Waals surface area contributed by atoms with Crippen molar-refractivity contribution in [3.63, 3.8) is 0 Å². The van der Waals surface area contributed by atoms with Crippen molar-refractivity contribution in [3.05, 3.63) is 45.0 Å². The Bertz CT molecular complexity index is 593. The zero-order valence-electron chi connectivity index (χ0n) is 11.6. The van der Waals surface area contributed by atoms with E-state index in [0.29, 0.717) is 0 Å². The quantitative estimate of drug-likeness (QED) is 0.132. The molecule has 0 bridgehead atoms. The van der Waals surface area contributed by atoms with Gasteiger partial charge in [-0.25, -0.2) is 26.3 Å². The number of rotatable bonds is 0. The molecule has 0 amide bonds. The molecule has 0 heterocycles. The Labute approximate surface area is 181 Å². The molecule has 1 aromatic carbocycles. The third-order valence-corrected chi connectivity index (χ3v) is 3.18. The van der Waals surface area contributed by atoms with Crippen molar-refractivity contribution in [1.29, 1.82) is 0 Å². The number of fused-ring (bicyclic) bond motifs is 1. The van der Waals surface area contributed by atoms with Crippen LogP contribution >= 0.6 is 15.9 Å². The minimum absolute atomic E-state index is 0. The van der Waals surface area contributed by atoms with E-state index in [-0.39, 0.29) is 78.7 Å². The summed E-state index contributed by atoms with van der Waals surface area (Å²) in [5.74, 6) is -12.8. The largest absolute Gasteiger partial charge is 2.00 e. The molecule has 1 aliphatic carbocycles.